The third kappa shape index (κ3) is 4.05. The Balaban J connectivity index is 2.13. The number of carbonyl (C=O) groups is 1. The monoisotopic (exact) mass is 291 g/mol. The van der Waals surface area contributed by atoms with Crippen LogP contribution >= 0.6 is 0 Å². The molecule has 1 unspecified atom stereocenters. The summed E-state index contributed by atoms with van der Waals surface area (Å²) >= 11 is 0. The maximum Gasteiger partial charge on any atom is 0.159 e. The smallest absolute Gasteiger partial charge is 0.159 e. The van der Waals surface area contributed by atoms with E-state index in [-0.39, 0.29) is 12.4 Å². The van der Waals surface area contributed by atoms with Crippen LogP contribution in [0.15, 0.2) is 18.2 Å². The first-order valence-electron chi connectivity index (χ1n) is 7.68. The predicted octanol–water partition coefficient (Wildman–Crippen LogP) is 2.63. The first kappa shape index (κ1) is 16.0. The van der Waals surface area contributed by atoms with Gasteiger partial charge in [0.25, 0.3) is 0 Å². The van der Waals surface area contributed by atoms with Gasteiger partial charge in [-0.15, -0.1) is 0 Å². The minimum absolute atomic E-state index is 0.0807. The maximum atomic E-state index is 11.6. The molecule has 4 heteroatoms. The van der Waals surface area contributed by atoms with Crippen molar-refractivity contribution >= 4 is 5.78 Å². The third-order valence-electron chi connectivity index (χ3n) is 4.25. The Kier molecular flexibility index (Phi) is 5.76. The van der Waals surface area contributed by atoms with Gasteiger partial charge in [-0.25, -0.2) is 0 Å². The van der Waals surface area contributed by atoms with Crippen molar-refractivity contribution in [1.29, 1.82) is 0 Å². The molecule has 0 aromatic heterocycles. The van der Waals surface area contributed by atoms with Crippen molar-refractivity contribution in [2.45, 2.75) is 45.2 Å². The van der Waals surface area contributed by atoms with Crippen molar-refractivity contribution in [3.63, 3.8) is 0 Å². The number of aliphatic hydroxyl groups excluding tert-OH is 1. The first-order chi connectivity index (χ1) is 10.2. The molecule has 1 aliphatic rings. The Hall–Kier alpha value is -1.39. The van der Waals surface area contributed by atoms with Gasteiger partial charge >= 0.3 is 0 Å². The van der Waals surface area contributed by atoms with E-state index in [1.807, 2.05) is 18.2 Å². The number of aliphatic hydroxyl groups is 1. The van der Waals surface area contributed by atoms with E-state index in [9.17, 15) is 4.79 Å². The second-order valence-corrected chi connectivity index (χ2v) is 5.72. The molecule has 1 fully saturated rings. The Labute approximate surface area is 126 Å². The van der Waals surface area contributed by atoms with Crippen molar-refractivity contribution in [3.05, 3.63) is 29.3 Å². The van der Waals surface area contributed by atoms with E-state index in [0.717, 1.165) is 42.8 Å². The number of rotatable bonds is 7. The SMILES string of the molecule is COc1ccc(C(C)=O)cc1CN1CCCC1CCCO. The molecule has 1 heterocycles. The highest BCUT2D eigenvalue weighted by Crippen LogP contribution is 2.28. The average Bonchev–Trinajstić information content (AvgIpc) is 2.92. The van der Waals surface area contributed by atoms with Crippen molar-refractivity contribution in [2.75, 3.05) is 20.3 Å². The standard InChI is InChI=1S/C17H25NO3/c1-13(20)14-7-8-17(21-2)15(11-14)12-18-9-3-5-16(18)6-4-10-19/h7-8,11,16,19H,3-6,9-10,12H2,1-2H3. The number of Topliss-reactive ketones (excluding diaryl/α,β-unsaturated/α-hetero) is 1. The van der Waals surface area contributed by atoms with E-state index in [2.05, 4.69) is 4.90 Å². The first-order valence-corrected chi connectivity index (χ1v) is 7.68. The molecule has 1 saturated heterocycles. The number of hydrogen-bond acceptors (Lipinski definition) is 4. The van der Waals surface area contributed by atoms with Crippen molar-refractivity contribution in [2.24, 2.45) is 0 Å². The molecule has 0 bridgehead atoms. The lowest BCUT2D eigenvalue weighted by Crippen LogP contribution is -2.29. The van der Waals surface area contributed by atoms with Crippen LogP contribution in [-0.4, -0.2) is 42.1 Å². The number of likely N-dealkylation sites (tertiary alicyclic amines) is 1. The summed E-state index contributed by atoms with van der Waals surface area (Å²) in [6.07, 6.45) is 4.27. The van der Waals surface area contributed by atoms with Crippen molar-refractivity contribution in [1.82, 2.24) is 4.90 Å². The fourth-order valence-electron chi connectivity index (χ4n) is 3.10. The summed E-state index contributed by atoms with van der Waals surface area (Å²) in [6.45, 7) is 3.73. The molecule has 0 amide bonds. The molecule has 0 radical (unpaired) electrons. The van der Waals surface area contributed by atoms with Crippen LogP contribution in [0.1, 0.15) is 48.5 Å². The molecule has 0 aliphatic carbocycles. The van der Waals surface area contributed by atoms with Gasteiger partial charge in [0.2, 0.25) is 0 Å². The van der Waals surface area contributed by atoms with Crippen molar-refractivity contribution < 1.29 is 14.6 Å². The number of carbonyl (C=O) groups excluding carboxylic acids is 1. The summed E-state index contributed by atoms with van der Waals surface area (Å²) in [5.41, 5.74) is 1.80. The number of ether oxygens (including phenoxy) is 1. The number of nitrogens with zero attached hydrogens (tertiary/aromatic N) is 1. The van der Waals surface area contributed by atoms with Gasteiger partial charge in [0.15, 0.2) is 5.78 Å². The van der Waals surface area contributed by atoms with Crippen LogP contribution in [0.3, 0.4) is 0 Å². The van der Waals surface area contributed by atoms with Gasteiger partial charge in [0, 0.05) is 30.3 Å². The number of hydrogen-bond donors (Lipinski definition) is 1. The number of ketones is 1. The van der Waals surface area contributed by atoms with E-state index in [1.165, 1.54) is 12.8 Å². The Bertz CT molecular complexity index is 487. The molecular formula is C17H25NO3. The zero-order valence-electron chi connectivity index (χ0n) is 13.0. The van der Waals surface area contributed by atoms with Gasteiger partial charge in [-0.05, 0) is 57.4 Å². The summed E-state index contributed by atoms with van der Waals surface area (Å²) in [5.74, 6) is 0.921. The van der Waals surface area contributed by atoms with Crippen LogP contribution in [0, 0.1) is 0 Å². The van der Waals surface area contributed by atoms with Crippen LogP contribution in [0.25, 0.3) is 0 Å². The Morgan fingerprint density at radius 1 is 1.48 bits per heavy atom. The molecule has 1 N–H and O–H groups in total. The summed E-state index contributed by atoms with van der Waals surface area (Å²) < 4.78 is 5.43. The molecule has 0 saturated carbocycles. The summed E-state index contributed by atoms with van der Waals surface area (Å²) in [5, 5.41) is 9.01. The van der Waals surface area contributed by atoms with E-state index < -0.39 is 0 Å². The largest absolute Gasteiger partial charge is 0.496 e. The molecule has 116 valence electrons. The highest BCUT2D eigenvalue weighted by Gasteiger charge is 2.25. The van der Waals surface area contributed by atoms with Crippen LogP contribution in [0.5, 0.6) is 5.75 Å². The maximum absolute atomic E-state index is 11.6. The summed E-state index contributed by atoms with van der Waals surface area (Å²) in [7, 11) is 1.67. The lowest BCUT2D eigenvalue weighted by molar-refractivity contribution is 0.101. The highest BCUT2D eigenvalue weighted by molar-refractivity contribution is 5.94. The fraction of sp³-hybridized carbons (Fsp3) is 0.588. The molecule has 1 aliphatic heterocycles. The quantitative estimate of drug-likeness (QED) is 0.785. The minimum atomic E-state index is 0.0807. The molecule has 21 heavy (non-hydrogen) atoms. The molecule has 1 aromatic carbocycles. The zero-order chi connectivity index (χ0) is 15.2. The van der Waals surface area contributed by atoms with Gasteiger partial charge in [0.1, 0.15) is 5.75 Å². The fourth-order valence-corrected chi connectivity index (χ4v) is 3.10. The topological polar surface area (TPSA) is 49.8 Å². The van der Waals surface area contributed by atoms with Crippen LogP contribution in [-0.2, 0) is 6.54 Å². The minimum Gasteiger partial charge on any atom is -0.496 e. The van der Waals surface area contributed by atoms with Gasteiger partial charge in [0.05, 0.1) is 7.11 Å². The average molecular weight is 291 g/mol. The van der Waals surface area contributed by atoms with Gasteiger partial charge < -0.3 is 9.84 Å². The number of benzene rings is 1. The lowest BCUT2D eigenvalue weighted by Gasteiger charge is -2.25. The van der Waals surface area contributed by atoms with Crippen LogP contribution in [0.4, 0.5) is 0 Å². The number of methoxy groups -OCH3 is 1. The highest BCUT2D eigenvalue weighted by atomic mass is 16.5. The zero-order valence-corrected chi connectivity index (χ0v) is 13.0. The second kappa shape index (κ2) is 7.57. The van der Waals surface area contributed by atoms with E-state index in [0.29, 0.717) is 6.04 Å². The van der Waals surface area contributed by atoms with Crippen LogP contribution in [0.2, 0.25) is 0 Å². The molecule has 1 aromatic rings. The van der Waals surface area contributed by atoms with Gasteiger partial charge in [-0.3, -0.25) is 9.69 Å². The van der Waals surface area contributed by atoms with E-state index in [1.54, 1.807) is 14.0 Å². The lowest BCUT2D eigenvalue weighted by atomic mass is 10.0. The Morgan fingerprint density at radius 2 is 2.29 bits per heavy atom. The molecule has 1 atom stereocenters. The van der Waals surface area contributed by atoms with E-state index >= 15 is 0 Å². The van der Waals surface area contributed by atoms with Crippen LogP contribution < -0.4 is 4.74 Å². The van der Waals surface area contributed by atoms with E-state index in [4.69, 9.17) is 9.84 Å². The Morgan fingerprint density at radius 3 is 2.95 bits per heavy atom. The molecular weight excluding hydrogens is 266 g/mol. The normalized spacial score (nSPS) is 18.9. The predicted molar refractivity (Wildman–Crippen MR) is 82.8 cm³/mol. The molecule has 0 spiro atoms. The summed E-state index contributed by atoms with van der Waals surface area (Å²) in [6, 6.07) is 6.17. The van der Waals surface area contributed by atoms with Gasteiger partial charge in [-0.2, -0.15) is 0 Å². The van der Waals surface area contributed by atoms with Crippen molar-refractivity contribution in [3.8, 4) is 5.75 Å². The second-order valence-electron chi connectivity index (χ2n) is 5.72. The third-order valence-corrected chi connectivity index (χ3v) is 4.25. The van der Waals surface area contributed by atoms with Gasteiger partial charge in [-0.1, -0.05) is 0 Å². The summed E-state index contributed by atoms with van der Waals surface area (Å²) in [4.78, 5) is 14.0. The molecule has 4 nitrogen and oxygen atoms in total. The molecule has 2 rings (SSSR count).